The van der Waals surface area contributed by atoms with Crippen LogP contribution in [-0.4, -0.2) is 23.9 Å². The highest BCUT2D eigenvalue weighted by molar-refractivity contribution is 6.03. The van der Waals surface area contributed by atoms with Crippen molar-refractivity contribution >= 4 is 17.5 Å². The van der Waals surface area contributed by atoms with Gasteiger partial charge in [-0.15, -0.1) is 0 Å². The van der Waals surface area contributed by atoms with Crippen LogP contribution in [0.5, 0.6) is 17.2 Å². The van der Waals surface area contributed by atoms with E-state index in [0.717, 1.165) is 66.4 Å². The van der Waals surface area contributed by atoms with Gasteiger partial charge >= 0.3 is 0 Å². The Morgan fingerprint density at radius 2 is 1.75 bits per heavy atom. The van der Waals surface area contributed by atoms with E-state index in [9.17, 15) is 0 Å². The maximum Gasteiger partial charge on any atom is 0.209 e. The molecule has 3 aromatic rings. The molecule has 0 spiro atoms. The van der Waals surface area contributed by atoms with E-state index in [1.165, 1.54) is 28.1 Å². The summed E-state index contributed by atoms with van der Waals surface area (Å²) in [4.78, 5) is 0. The molecule has 0 N–H and O–H groups in total. The molecule has 0 saturated heterocycles. The number of ether oxygens (including phenoxy) is 3. The van der Waals surface area contributed by atoms with E-state index in [1.54, 1.807) is 7.11 Å². The fourth-order valence-corrected chi connectivity index (χ4v) is 6.11. The van der Waals surface area contributed by atoms with E-state index in [4.69, 9.17) is 14.2 Å². The summed E-state index contributed by atoms with van der Waals surface area (Å²) in [5.74, 6) is 3.51. The summed E-state index contributed by atoms with van der Waals surface area (Å²) in [6.07, 6.45) is 11.2. The minimum absolute atomic E-state index is 0.0447. The highest BCUT2D eigenvalue weighted by Gasteiger charge is 2.43. The first-order valence-electron chi connectivity index (χ1n) is 14.4. The average molecular weight is 533 g/mol. The van der Waals surface area contributed by atoms with Crippen LogP contribution in [0.2, 0.25) is 0 Å². The van der Waals surface area contributed by atoms with Gasteiger partial charge in [0.2, 0.25) is 5.69 Å². The molecule has 0 amide bonds. The van der Waals surface area contributed by atoms with Crippen molar-refractivity contribution in [3.05, 3.63) is 112 Å². The molecule has 0 fully saturated rings. The lowest BCUT2D eigenvalue weighted by molar-refractivity contribution is -0.437. The van der Waals surface area contributed by atoms with Crippen LogP contribution in [0.4, 0.5) is 5.69 Å². The first-order chi connectivity index (χ1) is 19.5. The Kier molecular flexibility index (Phi) is 7.10. The van der Waals surface area contributed by atoms with E-state index in [1.807, 2.05) is 36.4 Å². The molecule has 6 rings (SSSR count). The van der Waals surface area contributed by atoms with Crippen LogP contribution in [0.1, 0.15) is 63.1 Å². The molecule has 204 valence electrons. The van der Waals surface area contributed by atoms with Crippen molar-refractivity contribution in [3.8, 4) is 17.2 Å². The fourth-order valence-electron chi connectivity index (χ4n) is 6.11. The molecule has 40 heavy (non-hydrogen) atoms. The molecule has 0 atom stereocenters. The van der Waals surface area contributed by atoms with Gasteiger partial charge in [-0.1, -0.05) is 37.3 Å². The first kappa shape index (κ1) is 26.2. The molecule has 0 bridgehead atoms. The Balaban J connectivity index is 1.27. The van der Waals surface area contributed by atoms with Gasteiger partial charge in [0.05, 0.1) is 12.5 Å². The van der Waals surface area contributed by atoms with Gasteiger partial charge in [-0.25, -0.2) is 0 Å². The predicted octanol–water partition coefficient (Wildman–Crippen LogP) is 8.53. The van der Waals surface area contributed by atoms with Crippen molar-refractivity contribution in [1.29, 1.82) is 0 Å². The Hall–Kier alpha value is -4.05. The third kappa shape index (κ3) is 4.88. The van der Waals surface area contributed by atoms with Crippen LogP contribution in [0, 0.1) is 0 Å². The van der Waals surface area contributed by atoms with Crippen molar-refractivity contribution in [3.63, 3.8) is 0 Å². The van der Waals surface area contributed by atoms with E-state index in [-0.39, 0.29) is 5.41 Å². The van der Waals surface area contributed by atoms with E-state index in [2.05, 4.69) is 73.9 Å². The van der Waals surface area contributed by atoms with Crippen LogP contribution in [-0.2, 0) is 12.0 Å². The Bertz CT molecular complexity index is 1550. The molecule has 0 unspecified atom stereocenters. The summed E-state index contributed by atoms with van der Waals surface area (Å²) >= 11 is 0. The molecule has 1 aliphatic carbocycles. The highest BCUT2D eigenvalue weighted by Crippen LogP contribution is 2.42. The number of hydrogen-bond acceptors (Lipinski definition) is 3. The average Bonchev–Trinajstić information content (AvgIpc) is 3.19. The van der Waals surface area contributed by atoms with Crippen LogP contribution >= 0.6 is 0 Å². The van der Waals surface area contributed by atoms with Gasteiger partial charge in [-0.05, 0) is 86.2 Å². The maximum absolute atomic E-state index is 6.62. The van der Waals surface area contributed by atoms with Gasteiger partial charge in [0, 0.05) is 35.8 Å². The van der Waals surface area contributed by atoms with Crippen LogP contribution in [0.3, 0.4) is 0 Å². The quantitative estimate of drug-likeness (QED) is 0.272. The fraction of sp³-hybridized carbons (Fsp3) is 0.306. The zero-order valence-corrected chi connectivity index (χ0v) is 24.0. The molecule has 4 nitrogen and oxygen atoms in total. The number of benzene rings is 3. The summed E-state index contributed by atoms with van der Waals surface area (Å²) in [6.45, 7) is 8.43. The predicted molar refractivity (Wildman–Crippen MR) is 162 cm³/mol. The Morgan fingerprint density at radius 1 is 0.950 bits per heavy atom. The number of para-hydroxylation sites is 1. The van der Waals surface area contributed by atoms with Crippen LogP contribution < -0.4 is 14.2 Å². The van der Waals surface area contributed by atoms with Crippen LogP contribution in [0.15, 0.2) is 95.8 Å². The van der Waals surface area contributed by atoms with Crippen LogP contribution in [0.25, 0.3) is 6.08 Å². The second-order valence-corrected chi connectivity index (χ2v) is 11.3. The Morgan fingerprint density at radius 3 is 2.55 bits per heavy atom. The third-order valence-corrected chi connectivity index (χ3v) is 8.26. The molecule has 2 aliphatic heterocycles. The van der Waals surface area contributed by atoms with Gasteiger partial charge in [-0.2, -0.15) is 4.58 Å². The van der Waals surface area contributed by atoms with Gasteiger partial charge in [0.1, 0.15) is 36.2 Å². The first-order valence-corrected chi connectivity index (χ1v) is 14.4. The third-order valence-electron chi connectivity index (χ3n) is 8.26. The van der Waals surface area contributed by atoms with Crippen molar-refractivity contribution in [1.82, 2.24) is 0 Å². The number of fused-ring (bicyclic) bond motifs is 3. The van der Waals surface area contributed by atoms with Crippen molar-refractivity contribution in [2.75, 3.05) is 13.7 Å². The molecule has 4 heteroatoms. The lowest BCUT2D eigenvalue weighted by Gasteiger charge is -2.27. The minimum atomic E-state index is -0.0447. The molecular formula is C36H38NO3+. The molecule has 3 aromatic carbocycles. The van der Waals surface area contributed by atoms with Gasteiger partial charge in [0.25, 0.3) is 0 Å². The van der Waals surface area contributed by atoms with Gasteiger partial charge in [-0.3, -0.25) is 0 Å². The number of allylic oxidation sites excluding steroid dienone is 4. The second kappa shape index (κ2) is 10.8. The van der Waals surface area contributed by atoms with E-state index in [0.29, 0.717) is 6.61 Å². The molecule has 0 saturated carbocycles. The minimum Gasteiger partial charge on any atom is -0.497 e. The zero-order valence-electron chi connectivity index (χ0n) is 24.0. The number of rotatable bonds is 8. The van der Waals surface area contributed by atoms with Gasteiger partial charge in [0.15, 0.2) is 5.71 Å². The Labute approximate surface area is 237 Å². The SMILES string of the molecule is CCC[N+]1=C(/C=C/C2=C3Oc4cc(OCc5ccc(OC)cc5)ccc4C=C3CCC2)C(C)(C)c2ccccc21. The van der Waals surface area contributed by atoms with Crippen molar-refractivity contribution in [2.45, 2.75) is 58.5 Å². The molecule has 0 radical (unpaired) electrons. The number of hydrogen-bond donors (Lipinski definition) is 0. The van der Waals surface area contributed by atoms with Crippen molar-refractivity contribution in [2.24, 2.45) is 0 Å². The number of nitrogens with zero attached hydrogens (tertiary/aromatic N) is 1. The highest BCUT2D eigenvalue weighted by atomic mass is 16.5. The largest absolute Gasteiger partial charge is 0.497 e. The van der Waals surface area contributed by atoms with E-state index >= 15 is 0 Å². The van der Waals surface area contributed by atoms with Crippen molar-refractivity contribution < 1.29 is 18.8 Å². The lowest BCUT2D eigenvalue weighted by Crippen LogP contribution is -2.28. The normalized spacial score (nSPS) is 17.2. The van der Waals surface area contributed by atoms with E-state index < -0.39 is 0 Å². The summed E-state index contributed by atoms with van der Waals surface area (Å²) in [6, 6.07) is 22.9. The lowest BCUT2D eigenvalue weighted by atomic mass is 9.81. The topological polar surface area (TPSA) is 30.7 Å². The molecule has 0 aromatic heterocycles. The molecule has 2 heterocycles. The summed E-state index contributed by atoms with van der Waals surface area (Å²) in [7, 11) is 1.68. The summed E-state index contributed by atoms with van der Waals surface area (Å²) in [5.41, 5.74) is 8.79. The zero-order chi connectivity index (χ0) is 27.7. The molecule has 3 aliphatic rings. The number of methoxy groups -OCH3 is 1. The second-order valence-electron chi connectivity index (χ2n) is 11.3. The summed E-state index contributed by atoms with van der Waals surface area (Å²) < 4.78 is 20.5. The monoisotopic (exact) mass is 532 g/mol. The molecular weight excluding hydrogens is 494 g/mol. The summed E-state index contributed by atoms with van der Waals surface area (Å²) in [5, 5.41) is 0. The maximum atomic E-state index is 6.62. The standard InChI is InChI=1S/C36H38NO3/c1-5-21-37-32-12-7-6-11-31(32)36(2,3)34(37)20-16-26-9-8-10-28-22-27-15-19-30(23-33(27)40-35(26)28)39-24-25-13-17-29(38-4)18-14-25/h6-7,11-20,22-23H,5,8-10,21,24H2,1-4H3/q+1/b20-16+. The van der Waals surface area contributed by atoms with Gasteiger partial charge < -0.3 is 14.2 Å². The smallest absolute Gasteiger partial charge is 0.209 e.